The Morgan fingerprint density at radius 1 is 1.04 bits per heavy atom. The summed E-state index contributed by atoms with van der Waals surface area (Å²) in [5.41, 5.74) is 1.72. The van der Waals surface area contributed by atoms with Crippen molar-refractivity contribution in [2.75, 3.05) is 12.4 Å². The van der Waals surface area contributed by atoms with E-state index in [1.54, 1.807) is 63.4 Å². The summed E-state index contributed by atoms with van der Waals surface area (Å²) in [5, 5.41) is 68.6. The van der Waals surface area contributed by atoms with Crippen LogP contribution in [0.25, 0.3) is 27.5 Å². The summed E-state index contributed by atoms with van der Waals surface area (Å²) < 4.78 is 19.4. The van der Waals surface area contributed by atoms with Gasteiger partial charge in [0, 0.05) is 54.5 Å². The fraction of sp³-hybridized carbons (Fsp3) is 0.488. The second-order valence-corrected chi connectivity index (χ2v) is 15.1. The minimum absolute atomic E-state index is 0.00819. The van der Waals surface area contributed by atoms with E-state index in [9.17, 15) is 40.2 Å². The number of ether oxygens (including phenoxy) is 3. The van der Waals surface area contributed by atoms with Crippen LogP contribution in [0.3, 0.4) is 0 Å². The number of carbonyl (C=O) groups is 2. The molecule has 298 valence electrons. The Morgan fingerprint density at radius 2 is 1.67 bits per heavy atom. The zero-order chi connectivity index (χ0) is 40.8. The SMILES string of the molecule is C/C=C(/C)C(=O)Nc1c(O)c2c(O)c(C)c3c(c2c2nc4cc(CO)ccn4c12)C(=O)[C@@](C)(O/C=C/[C@H](OC)[C@@H](C)[C@@H](O)[C@H](C)[C@H](O)[C@H](C)[C@@H](O)C(C)C)O3. The molecule has 0 saturated heterocycles. The molecule has 1 amide bonds. The van der Waals surface area contributed by atoms with Crippen LogP contribution in [-0.4, -0.2) is 89.0 Å². The van der Waals surface area contributed by atoms with Crippen LogP contribution in [0.2, 0.25) is 0 Å². The van der Waals surface area contributed by atoms with Crippen LogP contribution in [-0.2, 0) is 20.9 Å². The summed E-state index contributed by atoms with van der Waals surface area (Å²) in [7, 11) is 1.45. The summed E-state index contributed by atoms with van der Waals surface area (Å²) in [4.78, 5) is 32.4. The zero-order valence-corrected chi connectivity index (χ0v) is 32.9. The highest BCUT2D eigenvalue weighted by Gasteiger charge is 2.49. The quantitative estimate of drug-likeness (QED) is 0.0499. The van der Waals surface area contributed by atoms with Gasteiger partial charge in [-0.1, -0.05) is 40.7 Å². The number of benzene rings is 2. The number of aromatic hydroxyl groups is 2. The number of fused-ring (bicyclic) bond motifs is 7. The van der Waals surface area contributed by atoms with E-state index in [1.165, 1.54) is 33.3 Å². The molecular formula is C41H53N3O11. The minimum Gasteiger partial charge on any atom is -0.507 e. The highest BCUT2D eigenvalue weighted by Crippen LogP contribution is 2.54. The van der Waals surface area contributed by atoms with Crippen molar-refractivity contribution in [3.8, 4) is 17.2 Å². The number of imidazole rings is 1. The number of methoxy groups -OCH3 is 1. The molecule has 0 fully saturated rings. The van der Waals surface area contributed by atoms with Crippen LogP contribution < -0.4 is 10.1 Å². The molecular weight excluding hydrogens is 710 g/mol. The lowest BCUT2D eigenvalue weighted by Crippen LogP contribution is -2.44. The maximum Gasteiger partial charge on any atom is 0.312 e. The van der Waals surface area contributed by atoms with Gasteiger partial charge in [-0.15, -0.1) is 0 Å². The number of nitrogens with one attached hydrogen (secondary N) is 1. The Labute approximate surface area is 319 Å². The van der Waals surface area contributed by atoms with Gasteiger partial charge in [-0.05, 0) is 50.5 Å². The molecule has 4 aromatic rings. The van der Waals surface area contributed by atoms with Crippen molar-refractivity contribution in [3.05, 3.63) is 59.0 Å². The summed E-state index contributed by atoms with van der Waals surface area (Å²) in [6.45, 7) is 14.9. The fourth-order valence-corrected chi connectivity index (χ4v) is 7.37. The van der Waals surface area contributed by atoms with E-state index in [2.05, 4.69) is 5.32 Å². The number of nitrogens with zero attached hydrogens (tertiary/aromatic N) is 2. The molecule has 7 N–H and O–H groups in total. The number of aromatic nitrogens is 2. The Morgan fingerprint density at radius 3 is 2.27 bits per heavy atom. The van der Waals surface area contributed by atoms with Crippen molar-refractivity contribution in [2.45, 2.75) is 99.1 Å². The van der Waals surface area contributed by atoms with Gasteiger partial charge in [0.15, 0.2) is 5.75 Å². The zero-order valence-electron chi connectivity index (χ0n) is 32.9. The Bertz CT molecular complexity index is 2190. The predicted octanol–water partition coefficient (Wildman–Crippen LogP) is 5.24. The number of pyridine rings is 1. The molecule has 0 saturated carbocycles. The van der Waals surface area contributed by atoms with Crippen molar-refractivity contribution in [3.63, 3.8) is 0 Å². The molecule has 14 nitrogen and oxygen atoms in total. The highest BCUT2D eigenvalue weighted by atomic mass is 16.7. The van der Waals surface area contributed by atoms with E-state index in [-0.39, 0.29) is 56.9 Å². The summed E-state index contributed by atoms with van der Waals surface area (Å²) >= 11 is 0. The molecule has 14 heteroatoms. The number of rotatable bonds is 14. The topological polar surface area (TPSA) is 213 Å². The average molecular weight is 764 g/mol. The van der Waals surface area contributed by atoms with Crippen molar-refractivity contribution in [2.24, 2.45) is 23.7 Å². The first-order valence-electron chi connectivity index (χ1n) is 18.4. The highest BCUT2D eigenvalue weighted by molar-refractivity contribution is 6.28. The first kappa shape index (κ1) is 41.4. The second-order valence-electron chi connectivity index (χ2n) is 15.1. The van der Waals surface area contributed by atoms with Gasteiger partial charge in [0.1, 0.15) is 33.9 Å². The lowest BCUT2D eigenvalue weighted by Gasteiger charge is -2.36. The smallest absolute Gasteiger partial charge is 0.312 e. The van der Waals surface area contributed by atoms with Gasteiger partial charge in [0.25, 0.3) is 11.7 Å². The van der Waals surface area contributed by atoms with Crippen LogP contribution in [0.4, 0.5) is 5.69 Å². The van der Waals surface area contributed by atoms with Crippen LogP contribution >= 0.6 is 0 Å². The van der Waals surface area contributed by atoms with E-state index >= 15 is 0 Å². The van der Waals surface area contributed by atoms with Gasteiger partial charge < -0.3 is 50.2 Å². The number of aliphatic hydroxyl groups excluding tert-OH is 4. The van der Waals surface area contributed by atoms with Gasteiger partial charge in [-0.25, -0.2) is 4.98 Å². The van der Waals surface area contributed by atoms with Crippen molar-refractivity contribution >= 4 is 44.8 Å². The van der Waals surface area contributed by atoms with E-state index in [1.807, 2.05) is 13.8 Å². The molecule has 0 aliphatic carbocycles. The molecule has 2 aromatic heterocycles. The molecule has 1 aliphatic rings. The molecule has 1 aliphatic heterocycles. The fourth-order valence-electron chi connectivity index (χ4n) is 7.37. The number of phenols is 2. The Kier molecular flexibility index (Phi) is 11.9. The van der Waals surface area contributed by atoms with Gasteiger partial charge in [-0.2, -0.15) is 0 Å². The normalized spacial score (nSPS) is 20.1. The number of allylic oxidation sites excluding steroid dienone is 1. The van der Waals surface area contributed by atoms with Gasteiger partial charge in [0.05, 0.1) is 48.2 Å². The number of phenolic OH excluding ortho intramolecular Hbond substituents is 2. The molecule has 2 aromatic carbocycles. The third kappa shape index (κ3) is 7.13. The molecule has 0 bridgehead atoms. The molecule has 55 heavy (non-hydrogen) atoms. The number of carbonyl (C=O) groups excluding carboxylic acids is 2. The summed E-state index contributed by atoms with van der Waals surface area (Å²) in [5.74, 6) is -5.75. The number of amides is 1. The second kappa shape index (κ2) is 15.8. The third-order valence-electron chi connectivity index (χ3n) is 11.2. The number of hydrogen-bond acceptors (Lipinski definition) is 12. The van der Waals surface area contributed by atoms with Crippen molar-refractivity contribution in [1.29, 1.82) is 0 Å². The first-order chi connectivity index (χ1) is 25.8. The van der Waals surface area contributed by atoms with E-state index in [0.29, 0.717) is 16.8 Å². The minimum atomic E-state index is -1.96. The van der Waals surface area contributed by atoms with Crippen LogP contribution in [0, 0.1) is 30.6 Å². The van der Waals surface area contributed by atoms with Crippen molar-refractivity contribution in [1.82, 2.24) is 9.38 Å². The molecule has 8 atom stereocenters. The van der Waals surface area contributed by atoms with E-state index in [4.69, 9.17) is 19.2 Å². The number of hydrogen-bond donors (Lipinski definition) is 7. The molecule has 0 radical (unpaired) electrons. The van der Waals surface area contributed by atoms with Crippen LogP contribution in [0.5, 0.6) is 17.2 Å². The third-order valence-corrected chi connectivity index (χ3v) is 11.2. The Hall–Kier alpha value is -4.73. The van der Waals surface area contributed by atoms with Gasteiger partial charge in [-0.3, -0.25) is 14.0 Å². The van der Waals surface area contributed by atoms with Gasteiger partial charge >= 0.3 is 5.79 Å². The van der Waals surface area contributed by atoms with Crippen LogP contribution in [0.1, 0.15) is 76.9 Å². The maximum absolute atomic E-state index is 14.5. The molecule has 3 heterocycles. The van der Waals surface area contributed by atoms with Gasteiger partial charge in [0.2, 0.25) is 0 Å². The van der Waals surface area contributed by atoms with E-state index < -0.39 is 71.1 Å². The average Bonchev–Trinajstić information content (AvgIpc) is 3.68. The molecule has 0 spiro atoms. The number of aliphatic hydroxyl groups is 4. The Balaban J connectivity index is 1.56. The number of Topliss-reactive ketones (excluding diaryl/α,β-unsaturated/α-hetero) is 1. The first-order valence-corrected chi connectivity index (χ1v) is 18.4. The van der Waals surface area contributed by atoms with Crippen molar-refractivity contribution < 1.29 is 54.4 Å². The number of anilines is 1. The maximum atomic E-state index is 14.5. The van der Waals surface area contributed by atoms with E-state index in [0.717, 1.165) is 0 Å². The molecule has 5 rings (SSSR count). The predicted molar refractivity (Wildman–Crippen MR) is 207 cm³/mol. The lowest BCUT2D eigenvalue weighted by molar-refractivity contribution is -0.112. The van der Waals surface area contributed by atoms with Crippen LogP contribution in [0.15, 0.2) is 42.3 Å². The monoisotopic (exact) mass is 763 g/mol. The lowest BCUT2D eigenvalue weighted by atomic mass is 9.79. The number of ketones is 1. The molecule has 0 unspecified atom stereocenters. The largest absolute Gasteiger partial charge is 0.507 e. The standard InChI is InChI=1S/C41H53N3O11/c1-11-19(4)40(52)43-31-32-30(42-26-16-24(17-45)12-14-44(26)32)27-28(37(31)50)36(49)23(8)38-29(27)39(51)41(9,55-38)54-15-13-25(53-10)20(5)34(47)22(7)35(48)21(6)33(46)18(2)3/h11-16,18,20-22,25,33-35,45-50H,17H2,1-10H3,(H,43,52)/b15-13+,19-11-/t20-,21-,22+,25+,33+,34-,35-,41+/m1/s1. The summed E-state index contributed by atoms with van der Waals surface area (Å²) in [6, 6.07) is 3.27. The summed E-state index contributed by atoms with van der Waals surface area (Å²) in [6.07, 6.45) is 2.44.